The lowest BCUT2D eigenvalue weighted by Crippen LogP contribution is -2.14. The Morgan fingerprint density at radius 2 is 2.27 bits per heavy atom. The van der Waals surface area contributed by atoms with Crippen molar-refractivity contribution in [2.45, 2.75) is 26.2 Å². The number of aryl methyl sites for hydroxylation is 1. The Hall–Kier alpha value is -1.42. The zero-order valence-corrected chi connectivity index (χ0v) is 9.22. The van der Waals surface area contributed by atoms with E-state index in [1.807, 2.05) is 0 Å². The zero-order chi connectivity index (χ0) is 10.5. The van der Waals surface area contributed by atoms with Gasteiger partial charge in [-0.3, -0.25) is 0 Å². The lowest BCUT2D eigenvalue weighted by atomic mass is 9.98. The fourth-order valence-electron chi connectivity index (χ4n) is 1.88. The second-order valence-corrected chi connectivity index (χ2v) is 4.11. The van der Waals surface area contributed by atoms with Crippen LogP contribution in [0.15, 0.2) is 24.3 Å². The van der Waals surface area contributed by atoms with Crippen molar-refractivity contribution >= 4 is 5.69 Å². The number of rotatable bonds is 3. The van der Waals surface area contributed by atoms with Crippen LogP contribution >= 0.6 is 0 Å². The number of hydrogen-bond donors (Lipinski definition) is 1. The average Bonchev–Trinajstić information content (AvgIpc) is 2.29. The number of hydrogen-bond acceptors (Lipinski definition) is 1. The summed E-state index contributed by atoms with van der Waals surface area (Å²) in [7, 11) is 0. The predicted molar refractivity (Wildman–Crippen MR) is 64.8 cm³/mol. The van der Waals surface area contributed by atoms with Crippen LogP contribution in [0.5, 0.6) is 0 Å². The van der Waals surface area contributed by atoms with Crippen LogP contribution in [0.25, 0.3) is 0 Å². The molecule has 15 heavy (non-hydrogen) atoms. The second kappa shape index (κ2) is 4.89. The summed E-state index contributed by atoms with van der Waals surface area (Å²) in [6.45, 7) is 3.12. The fourth-order valence-corrected chi connectivity index (χ4v) is 1.88. The van der Waals surface area contributed by atoms with Crippen LogP contribution in [0.3, 0.4) is 0 Å². The smallest absolute Gasteiger partial charge is 0.0376 e. The van der Waals surface area contributed by atoms with E-state index in [9.17, 15) is 0 Å². The highest BCUT2D eigenvalue weighted by Crippen LogP contribution is 2.16. The minimum Gasteiger partial charge on any atom is -0.384 e. The van der Waals surface area contributed by atoms with Gasteiger partial charge in [-0.25, -0.2) is 0 Å². The van der Waals surface area contributed by atoms with Gasteiger partial charge in [0.1, 0.15) is 0 Å². The molecule has 1 N–H and O–H groups in total. The molecular formula is C14H17N. The summed E-state index contributed by atoms with van der Waals surface area (Å²) in [5.74, 6) is 7.03. The molecule has 78 valence electrons. The van der Waals surface area contributed by atoms with Crippen molar-refractivity contribution in [2.75, 3.05) is 11.9 Å². The van der Waals surface area contributed by atoms with Gasteiger partial charge >= 0.3 is 0 Å². The summed E-state index contributed by atoms with van der Waals surface area (Å²) in [6.07, 6.45) is 3.58. The molecule has 0 fully saturated rings. The third kappa shape index (κ3) is 2.76. The first-order valence-electron chi connectivity index (χ1n) is 5.64. The molecule has 0 radical (unpaired) electrons. The van der Waals surface area contributed by atoms with Gasteiger partial charge in [0.05, 0.1) is 0 Å². The first-order chi connectivity index (χ1) is 7.36. The fraction of sp³-hybridized carbons (Fsp3) is 0.429. The van der Waals surface area contributed by atoms with E-state index < -0.39 is 0 Å². The van der Waals surface area contributed by atoms with Crippen LogP contribution in [0.2, 0.25) is 0 Å². The molecule has 1 atom stereocenters. The molecular weight excluding hydrogens is 182 g/mol. The first-order valence-corrected chi connectivity index (χ1v) is 5.64. The molecule has 1 aliphatic rings. The Kier molecular flexibility index (Phi) is 3.29. The van der Waals surface area contributed by atoms with E-state index >= 15 is 0 Å². The van der Waals surface area contributed by atoms with Gasteiger partial charge in [0.25, 0.3) is 0 Å². The van der Waals surface area contributed by atoms with Gasteiger partial charge in [0.15, 0.2) is 0 Å². The predicted octanol–water partition coefficient (Wildman–Crippen LogP) is 3.21. The molecule has 1 aromatic carbocycles. The van der Waals surface area contributed by atoms with Gasteiger partial charge in [-0.15, -0.1) is 5.92 Å². The van der Waals surface area contributed by atoms with Crippen LogP contribution in [0.4, 0.5) is 5.69 Å². The summed E-state index contributed by atoms with van der Waals surface area (Å²) in [5, 5.41) is 3.48. The maximum Gasteiger partial charge on any atom is 0.0376 e. The van der Waals surface area contributed by atoms with Gasteiger partial charge in [0, 0.05) is 24.6 Å². The van der Waals surface area contributed by atoms with Gasteiger partial charge in [-0.1, -0.05) is 24.1 Å². The number of nitrogens with one attached hydrogen (secondary N) is 1. The van der Waals surface area contributed by atoms with Gasteiger partial charge in [-0.05, 0) is 31.4 Å². The highest BCUT2D eigenvalue weighted by atomic mass is 14.9. The Bertz CT molecular complexity index is 384. The zero-order valence-electron chi connectivity index (χ0n) is 9.22. The van der Waals surface area contributed by atoms with E-state index in [0.29, 0.717) is 5.92 Å². The molecule has 1 aliphatic carbocycles. The molecule has 0 spiro atoms. The average molecular weight is 199 g/mol. The molecule has 0 heterocycles. The molecule has 0 amide bonds. The van der Waals surface area contributed by atoms with Crippen molar-refractivity contribution in [3.8, 4) is 11.8 Å². The van der Waals surface area contributed by atoms with Gasteiger partial charge in [-0.2, -0.15) is 0 Å². The van der Waals surface area contributed by atoms with E-state index in [-0.39, 0.29) is 0 Å². The highest BCUT2D eigenvalue weighted by Gasteiger charge is 2.07. The van der Waals surface area contributed by atoms with Crippen LogP contribution in [-0.2, 0) is 0 Å². The van der Waals surface area contributed by atoms with Crippen molar-refractivity contribution in [1.29, 1.82) is 0 Å². The Balaban J connectivity index is 1.92. The van der Waals surface area contributed by atoms with Crippen LogP contribution in [0, 0.1) is 24.7 Å². The standard InChI is InChI=1S/C14H17N/c1-12-7-5-6-10-14(12)15-11-13-8-3-2-4-9-13/h5-7,10,13,15H,2-3,8,11H2,1H3/t13-/m1/s1. The van der Waals surface area contributed by atoms with E-state index in [0.717, 1.165) is 13.0 Å². The topological polar surface area (TPSA) is 12.0 Å². The monoisotopic (exact) mass is 199 g/mol. The maximum absolute atomic E-state index is 3.48. The first kappa shape index (κ1) is 10.1. The SMILES string of the molecule is Cc1ccccc1NC[C@H]1C#CCCC1. The molecule has 0 aromatic heterocycles. The van der Waals surface area contributed by atoms with Crippen molar-refractivity contribution < 1.29 is 0 Å². The summed E-state index contributed by atoms with van der Waals surface area (Å²) < 4.78 is 0. The minimum atomic E-state index is 0.540. The third-order valence-corrected chi connectivity index (χ3v) is 2.84. The van der Waals surface area contributed by atoms with E-state index in [1.54, 1.807) is 0 Å². The number of anilines is 1. The summed E-state index contributed by atoms with van der Waals surface area (Å²) >= 11 is 0. The molecule has 1 aromatic rings. The summed E-state index contributed by atoms with van der Waals surface area (Å²) in [5.41, 5.74) is 2.55. The van der Waals surface area contributed by atoms with E-state index in [2.05, 4.69) is 48.3 Å². The third-order valence-electron chi connectivity index (χ3n) is 2.84. The van der Waals surface area contributed by atoms with E-state index in [4.69, 9.17) is 0 Å². The van der Waals surface area contributed by atoms with Gasteiger partial charge < -0.3 is 5.32 Å². The number of para-hydroxylation sites is 1. The van der Waals surface area contributed by atoms with Crippen LogP contribution < -0.4 is 5.32 Å². The minimum absolute atomic E-state index is 0.540. The molecule has 1 heteroatoms. The van der Waals surface area contributed by atoms with Crippen LogP contribution in [0.1, 0.15) is 24.8 Å². The van der Waals surface area contributed by atoms with E-state index in [1.165, 1.54) is 24.1 Å². The molecule has 0 bridgehead atoms. The maximum atomic E-state index is 3.48. The molecule has 0 saturated heterocycles. The molecule has 0 saturated carbocycles. The van der Waals surface area contributed by atoms with Crippen molar-refractivity contribution in [1.82, 2.24) is 0 Å². The summed E-state index contributed by atoms with van der Waals surface area (Å²) in [6, 6.07) is 8.41. The number of benzene rings is 1. The largest absolute Gasteiger partial charge is 0.384 e. The molecule has 0 aliphatic heterocycles. The Morgan fingerprint density at radius 3 is 3.00 bits per heavy atom. The molecule has 1 nitrogen and oxygen atoms in total. The van der Waals surface area contributed by atoms with Crippen molar-refractivity contribution in [3.63, 3.8) is 0 Å². The van der Waals surface area contributed by atoms with Crippen molar-refractivity contribution in [3.05, 3.63) is 29.8 Å². The lowest BCUT2D eigenvalue weighted by molar-refractivity contribution is 0.592. The summed E-state index contributed by atoms with van der Waals surface area (Å²) in [4.78, 5) is 0. The van der Waals surface area contributed by atoms with Crippen LogP contribution in [-0.4, -0.2) is 6.54 Å². The highest BCUT2D eigenvalue weighted by molar-refractivity contribution is 5.50. The normalized spacial score (nSPS) is 19.1. The molecule has 0 unspecified atom stereocenters. The second-order valence-electron chi connectivity index (χ2n) is 4.11. The van der Waals surface area contributed by atoms with Crippen molar-refractivity contribution in [2.24, 2.45) is 5.92 Å². The Labute approximate surface area is 91.9 Å². The lowest BCUT2D eigenvalue weighted by Gasteiger charge is -2.15. The quantitative estimate of drug-likeness (QED) is 0.737. The molecule has 2 rings (SSSR count). The van der Waals surface area contributed by atoms with Gasteiger partial charge in [0.2, 0.25) is 0 Å². The Morgan fingerprint density at radius 1 is 1.40 bits per heavy atom.